The molecule has 0 bridgehead atoms. The van der Waals surface area contributed by atoms with Crippen molar-refractivity contribution in [3.8, 4) is 0 Å². The number of rotatable bonds is 2. The highest BCUT2D eigenvalue weighted by atomic mass is 16.6. The average molecular weight is 214 g/mol. The van der Waals surface area contributed by atoms with Crippen molar-refractivity contribution < 1.29 is 23.8 Å². The summed E-state index contributed by atoms with van der Waals surface area (Å²) < 4.78 is 15.2. The Bertz CT molecular complexity index is 284. The fourth-order valence-corrected chi connectivity index (χ4v) is 1.35. The molecule has 3 atom stereocenters. The lowest BCUT2D eigenvalue weighted by molar-refractivity contribution is -0.172. The molecule has 5 nitrogen and oxygen atoms in total. The summed E-state index contributed by atoms with van der Waals surface area (Å²) in [5.74, 6) is -0.848. The molecule has 0 saturated carbocycles. The van der Waals surface area contributed by atoms with Crippen molar-refractivity contribution in [2.45, 2.75) is 39.1 Å². The molecule has 1 aliphatic rings. The van der Waals surface area contributed by atoms with Crippen LogP contribution in [0.3, 0.4) is 0 Å². The van der Waals surface area contributed by atoms with Crippen molar-refractivity contribution in [1.29, 1.82) is 0 Å². The summed E-state index contributed by atoms with van der Waals surface area (Å²) in [5, 5.41) is 0. The summed E-state index contributed by atoms with van der Waals surface area (Å²) >= 11 is 0. The molecular weight excluding hydrogens is 200 g/mol. The second-order valence-corrected chi connectivity index (χ2v) is 3.32. The molecule has 0 spiro atoms. The number of esters is 2. The molecule has 1 aliphatic heterocycles. The molecule has 0 aromatic heterocycles. The molecule has 0 saturated heterocycles. The molecule has 0 amide bonds. The van der Waals surface area contributed by atoms with Gasteiger partial charge in [0.05, 0.1) is 6.26 Å². The monoisotopic (exact) mass is 214 g/mol. The van der Waals surface area contributed by atoms with E-state index in [1.165, 1.54) is 20.1 Å². The van der Waals surface area contributed by atoms with E-state index in [-0.39, 0.29) is 6.10 Å². The molecule has 0 fully saturated rings. The van der Waals surface area contributed by atoms with Crippen LogP contribution in [-0.2, 0) is 23.8 Å². The van der Waals surface area contributed by atoms with Crippen molar-refractivity contribution in [2.75, 3.05) is 0 Å². The highest BCUT2D eigenvalue weighted by Gasteiger charge is 2.34. The van der Waals surface area contributed by atoms with Gasteiger partial charge in [0, 0.05) is 13.8 Å². The molecule has 1 heterocycles. The normalized spacial score (nSPS) is 29.1. The summed E-state index contributed by atoms with van der Waals surface area (Å²) in [4.78, 5) is 21.7. The van der Waals surface area contributed by atoms with Crippen LogP contribution in [0.25, 0.3) is 0 Å². The Hall–Kier alpha value is -1.52. The van der Waals surface area contributed by atoms with Crippen molar-refractivity contribution in [1.82, 2.24) is 0 Å². The highest BCUT2D eigenvalue weighted by Crippen LogP contribution is 2.18. The Morgan fingerprint density at radius 1 is 1.20 bits per heavy atom. The number of carbonyl (C=O) groups excluding carboxylic acids is 2. The zero-order chi connectivity index (χ0) is 11.4. The van der Waals surface area contributed by atoms with Gasteiger partial charge in [-0.1, -0.05) is 0 Å². The molecule has 84 valence electrons. The summed E-state index contributed by atoms with van der Waals surface area (Å²) in [7, 11) is 0. The first-order valence-electron chi connectivity index (χ1n) is 4.67. The van der Waals surface area contributed by atoms with Gasteiger partial charge in [0.25, 0.3) is 0 Å². The number of hydrogen-bond donors (Lipinski definition) is 0. The lowest BCUT2D eigenvalue weighted by Gasteiger charge is -2.31. The molecule has 0 aliphatic carbocycles. The standard InChI is InChI=1S/C10H14O5/c1-6-10(15-8(3)12)9(4-5-13-6)14-7(2)11/h4-6,9-10H,1-3H3/t6?,9?,10-/m0/s1. The van der Waals surface area contributed by atoms with Crippen LogP contribution in [0, 0.1) is 0 Å². The maximum atomic E-state index is 10.8. The van der Waals surface area contributed by atoms with Crippen LogP contribution in [0.2, 0.25) is 0 Å². The van der Waals surface area contributed by atoms with E-state index in [0.717, 1.165) is 0 Å². The van der Waals surface area contributed by atoms with Crippen LogP contribution in [-0.4, -0.2) is 30.3 Å². The Morgan fingerprint density at radius 2 is 1.80 bits per heavy atom. The SMILES string of the molecule is CC(=O)OC1C=COC(C)[C@@H]1OC(C)=O. The van der Waals surface area contributed by atoms with Gasteiger partial charge in [-0.25, -0.2) is 0 Å². The quantitative estimate of drug-likeness (QED) is 0.636. The van der Waals surface area contributed by atoms with E-state index in [1.54, 1.807) is 13.0 Å². The molecule has 0 radical (unpaired) electrons. The number of ether oxygens (including phenoxy) is 3. The summed E-state index contributed by atoms with van der Waals surface area (Å²) in [6.45, 7) is 4.35. The van der Waals surface area contributed by atoms with Crippen LogP contribution in [0.1, 0.15) is 20.8 Å². The average Bonchev–Trinajstić information content (AvgIpc) is 2.09. The van der Waals surface area contributed by atoms with E-state index in [0.29, 0.717) is 0 Å². The zero-order valence-electron chi connectivity index (χ0n) is 8.93. The van der Waals surface area contributed by atoms with Gasteiger partial charge in [-0.2, -0.15) is 0 Å². The minimum atomic E-state index is -0.587. The topological polar surface area (TPSA) is 61.8 Å². The summed E-state index contributed by atoms with van der Waals surface area (Å²) in [6, 6.07) is 0. The number of hydrogen-bond acceptors (Lipinski definition) is 5. The maximum absolute atomic E-state index is 10.8. The first-order chi connectivity index (χ1) is 7.00. The van der Waals surface area contributed by atoms with Gasteiger partial charge in [-0.15, -0.1) is 0 Å². The first-order valence-corrected chi connectivity index (χ1v) is 4.67. The van der Waals surface area contributed by atoms with Gasteiger partial charge in [-0.05, 0) is 13.0 Å². The molecule has 0 aromatic rings. The third-order valence-corrected chi connectivity index (χ3v) is 1.95. The van der Waals surface area contributed by atoms with E-state index in [2.05, 4.69) is 0 Å². The van der Waals surface area contributed by atoms with E-state index in [4.69, 9.17) is 14.2 Å². The van der Waals surface area contributed by atoms with Gasteiger partial charge in [-0.3, -0.25) is 9.59 Å². The largest absolute Gasteiger partial charge is 0.494 e. The molecule has 0 aromatic carbocycles. The van der Waals surface area contributed by atoms with Crippen molar-refractivity contribution >= 4 is 11.9 Å². The summed E-state index contributed by atoms with van der Waals surface area (Å²) in [5.41, 5.74) is 0. The number of carbonyl (C=O) groups is 2. The predicted octanol–water partition coefficient (Wildman–Crippen LogP) is 0.782. The van der Waals surface area contributed by atoms with Gasteiger partial charge in [0.2, 0.25) is 0 Å². The van der Waals surface area contributed by atoms with Crippen LogP contribution in [0.15, 0.2) is 12.3 Å². The van der Waals surface area contributed by atoms with E-state index in [1.807, 2.05) is 0 Å². The molecule has 5 heteroatoms. The van der Waals surface area contributed by atoms with Crippen LogP contribution < -0.4 is 0 Å². The minimum absolute atomic E-state index is 0.330. The molecule has 1 rings (SSSR count). The molecule has 2 unspecified atom stereocenters. The zero-order valence-corrected chi connectivity index (χ0v) is 8.93. The van der Waals surface area contributed by atoms with E-state index in [9.17, 15) is 9.59 Å². The third-order valence-electron chi connectivity index (χ3n) is 1.95. The van der Waals surface area contributed by atoms with Crippen molar-refractivity contribution in [2.24, 2.45) is 0 Å². The van der Waals surface area contributed by atoms with Gasteiger partial charge >= 0.3 is 11.9 Å². The highest BCUT2D eigenvalue weighted by molar-refractivity contribution is 5.67. The van der Waals surface area contributed by atoms with Crippen molar-refractivity contribution in [3.63, 3.8) is 0 Å². The molecule has 0 N–H and O–H groups in total. The maximum Gasteiger partial charge on any atom is 0.303 e. The Balaban J connectivity index is 2.71. The van der Waals surface area contributed by atoms with Gasteiger partial charge in [0.1, 0.15) is 6.10 Å². The second kappa shape index (κ2) is 4.82. The minimum Gasteiger partial charge on any atom is -0.494 e. The lowest BCUT2D eigenvalue weighted by Crippen LogP contribution is -2.43. The Kier molecular flexibility index (Phi) is 3.71. The van der Waals surface area contributed by atoms with E-state index >= 15 is 0 Å². The van der Waals surface area contributed by atoms with Crippen LogP contribution in [0.5, 0.6) is 0 Å². The van der Waals surface area contributed by atoms with E-state index < -0.39 is 24.1 Å². The second-order valence-electron chi connectivity index (χ2n) is 3.32. The van der Waals surface area contributed by atoms with Crippen LogP contribution >= 0.6 is 0 Å². The molecule has 15 heavy (non-hydrogen) atoms. The predicted molar refractivity (Wildman–Crippen MR) is 50.8 cm³/mol. The van der Waals surface area contributed by atoms with Crippen LogP contribution in [0.4, 0.5) is 0 Å². The fraction of sp³-hybridized carbons (Fsp3) is 0.600. The first kappa shape index (κ1) is 11.6. The van der Waals surface area contributed by atoms with Gasteiger partial charge in [0.15, 0.2) is 12.2 Å². The Morgan fingerprint density at radius 3 is 2.33 bits per heavy atom. The molecular formula is C10H14O5. The lowest BCUT2D eigenvalue weighted by atomic mass is 10.1. The third kappa shape index (κ3) is 3.27. The van der Waals surface area contributed by atoms with Gasteiger partial charge < -0.3 is 14.2 Å². The fourth-order valence-electron chi connectivity index (χ4n) is 1.35. The smallest absolute Gasteiger partial charge is 0.303 e. The van der Waals surface area contributed by atoms with Crippen molar-refractivity contribution in [3.05, 3.63) is 12.3 Å². The Labute approximate surface area is 88.0 Å². The summed E-state index contributed by atoms with van der Waals surface area (Å²) in [6.07, 6.45) is 1.50.